The topological polar surface area (TPSA) is 18.5 Å². The highest BCUT2D eigenvalue weighted by Gasteiger charge is 2.29. The van der Waals surface area contributed by atoms with Crippen molar-refractivity contribution in [1.29, 1.82) is 0 Å². The first-order valence-electron chi connectivity index (χ1n) is 6.45. The second-order valence-electron chi connectivity index (χ2n) is 6.72. The molecule has 98 valence electrons. The lowest BCUT2D eigenvalue weighted by molar-refractivity contribution is -0.379. The Kier molecular flexibility index (Phi) is 5.99. The molecule has 2 nitrogen and oxygen atoms in total. The van der Waals surface area contributed by atoms with Gasteiger partial charge in [0.05, 0.1) is 12.2 Å². The summed E-state index contributed by atoms with van der Waals surface area (Å²) in [4.78, 5) is 11.3. The molecule has 0 aromatic heterocycles. The van der Waals surface area contributed by atoms with Crippen molar-refractivity contribution in [3.05, 3.63) is 0 Å². The van der Waals surface area contributed by atoms with Crippen molar-refractivity contribution < 1.29 is 9.78 Å². The SMILES string of the molecule is CCC(OOC(CC)C(C)(C)C)C(C)(C)C. The first kappa shape index (κ1) is 15.9. The van der Waals surface area contributed by atoms with Gasteiger partial charge >= 0.3 is 0 Å². The molecule has 0 radical (unpaired) electrons. The average Bonchev–Trinajstić information content (AvgIpc) is 2.08. The molecule has 0 amide bonds. The van der Waals surface area contributed by atoms with Gasteiger partial charge in [0.25, 0.3) is 0 Å². The molecule has 0 fully saturated rings. The van der Waals surface area contributed by atoms with E-state index in [1.165, 1.54) is 0 Å². The predicted molar refractivity (Wildman–Crippen MR) is 69.2 cm³/mol. The van der Waals surface area contributed by atoms with Crippen LogP contribution in [-0.2, 0) is 9.78 Å². The van der Waals surface area contributed by atoms with Crippen LogP contribution in [0.3, 0.4) is 0 Å². The van der Waals surface area contributed by atoms with E-state index < -0.39 is 0 Å². The molecule has 2 unspecified atom stereocenters. The molecule has 0 aromatic carbocycles. The summed E-state index contributed by atoms with van der Waals surface area (Å²) >= 11 is 0. The van der Waals surface area contributed by atoms with E-state index in [0.29, 0.717) is 0 Å². The molecule has 0 saturated carbocycles. The van der Waals surface area contributed by atoms with Gasteiger partial charge in [0.15, 0.2) is 0 Å². The highest BCUT2D eigenvalue weighted by Crippen LogP contribution is 2.29. The Morgan fingerprint density at radius 3 is 1.06 bits per heavy atom. The minimum absolute atomic E-state index is 0.130. The summed E-state index contributed by atoms with van der Waals surface area (Å²) in [6.07, 6.45) is 2.27. The summed E-state index contributed by atoms with van der Waals surface area (Å²) < 4.78 is 0. The Balaban J connectivity index is 4.30. The second kappa shape index (κ2) is 6.02. The zero-order valence-electron chi connectivity index (χ0n) is 12.4. The Hall–Kier alpha value is -0.0800. The highest BCUT2D eigenvalue weighted by atomic mass is 17.2. The lowest BCUT2D eigenvalue weighted by atomic mass is 9.87. The lowest BCUT2D eigenvalue weighted by Gasteiger charge is -2.33. The molecule has 0 rings (SSSR count). The summed E-state index contributed by atoms with van der Waals surface area (Å²) in [7, 11) is 0. The van der Waals surface area contributed by atoms with E-state index in [9.17, 15) is 0 Å². The number of hydrogen-bond acceptors (Lipinski definition) is 2. The maximum atomic E-state index is 5.64. The molecular formula is C14H30O2. The van der Waals surface area contributed by atoms with Crippen molar-refractivity contribution in [2.45, 2.75) is 80.4 Å². The molecule has 0 spiro atoms. The maximum Gasteiger partial charge on any atom is 0.0975 e. The minimum Gasteiger partial charge on any atom is -0.233 e. The molecular weight excluding hydrogens is 200 g/mol. The average molecular weight is 230 g/mol. The summed E-state index contributed by atoms with van der Waals surface area (Å²) in [5.41, 5.74) is 0.260. The summed E-state index contributed by atoms with van der Waals surface area (Å²) in [5.74, 6) is 0. The van der Waals surface area contributed by atoms with Gasteiger partial charge in [0.1, 0.15) is 0 Å². The van der Waals surface area contributed by atoms with Gasteiger partial charge in [-0.25, -0.2) is 9.78 Å². The van der Waals surface area contributed by atoms with Gasteiger partial charge in [-0.3, -0.25) is 0 Å². The molecule has 0 N–H and O–H groups in total. The molecule has 0 aliphatic heterocycles. The van der Waals surface area contributed by atoms with E-state index in [1.807, 2.05) is 0 Å². The molecule has 0 heterocycles. The normalized spacial score (nSPS) is 17.2. The molecule has 0 aliphatic carbocycles. The highest BCUT2D eigenvalue weighted by molar-refractivity contribution is 4.74. The molecule has 0 aliphatic rings. The largest absolute Gasteiger partial charge is 0.233 e. The zero-order chi connectivity index (χ0) is 13.0. The number of rotatable bonds is 5. The van der Waals surface area contributed by atoms with Crippen LogP contribution >= 0.6 is 0 Å². The Morgan fingerprint density at radius 2 is 0.938 bits per heavy atom. The molecule has 2 atom stereocenters. The van der Waals surface area contributed by atoms with E-state index in [0.717, 1.165) is 12.8 Å². The van der Waals surface area contributed by atoms with Crippen LogP contribution in [0.2, 0.25) is 0 Å². The van der Waals surface area contributed by atoms with Crippen LogP contribution in [0, 0.1) is 10.8 Å². The first-order chi connectivity index (χ1) is 7.12. The quantitative estimate of drug-likeness (QED) is 0.508. The van der Waals surface area contributed by atoms with Crippen molar-refractivity contribution >= 4 is 0 Å². The Labute approximate surface area is 102 Å². The maximum absolute atomic E-state index is 5.64. The standard InChI is InChI=1S/C14H30O2/c1-9-11(13(3,4)5)15-16-12(10-2)14(6,7)8/h11-12H,9-10H2,1-8H3. The fourth-order valence-corrected chi connectivity index (χ4v) is 1.78. The van der Waals surface area contributed by atoms with Crippen molar-refractivity contribution in [2.24, 2.45) is 10.8 Å². The van der Waals surface area contributed by atoms with Crippen molar-refractivity contribution in [3.8, 4) is 0 Å². The van der Waals surface area contributed by atoms with Crippen LogP contribution in [-0.4, -0.2) is 12.2 Å². The van der Waals surface area contributed by atoms with E-state index in [4.69, 9.17) is 9.78 Å². The summed E-state index contributed by atoms with van der Waals surface area (Å²) in [6.45, 7) is 17.4. The molecule has 2 heteroatoms. The number of hydrogen-bond donors (Lipinski definition) is 0. The smallest absolute Gasteiger partial charge is 0.0975 e. The van der Waals surface area contributed by atoms with Crippen LogP contribution in [0.25, 0.3) is 0 Å². The van der Waals surface area contributed by atoms with Crippen molar-refractivity contribution in [1.82, 2.24) is 0 Å². The zero-order valence-corrected chi connectivity index (χ0v) is 12.4. The van der Waals surface area contributed by atoms with E-state index in [1.54, 1.807) is 0 Å². The van der Waals surface area contributed by atoms with Crippen LogP contribution in [0.15, 0.2) is 0 Å². The summed E-state index contributed by atoms with van der Waals surface area (Å²) in [5, 5.41) is 0. The minimum atomic E-state index is 0.130. The van der Waals surface area contributed by atoms with Crippen LogP contribution in [0.5, 0.6) is 0 Å². The lowest BCUT2D eigenvalue weighted by Crippen LogP contribution is -2.34. The van der Waals surface area contributed by atoms with Crippen LogP contribution in [0.4, 0.5) is 0 Å². The van der Waals surface area contributed by atoms with Gasteiger partial charge in [0.2, 0.25) is 0 Å². The van der Waals surface area contributed by atoms with Crippen molar-refractivity contribution in [2.75, 3.05) is 0 Å². The van der Waals surface area contributed by atoms with Crippen LogP contribution in [0.1, 0.15) is 68.2 Å². The second-order valence-corrected chi connectivity index (χ2v) is 6.72. The van der Waals surface area contributed by atoms with Gasteiger partial charge in [-0.05, 0) is 23.7 Å². The fourth-order valence-electron chi connectivity index (χ4n) is 1.78. The van der Waals surface area contributed by atoms with Crippen molar-refractivity contribution in [3.63, 3.8) is 0 Å². The van der Waals surface area contributed by atoms with Crippen LogP contribution < -0.4 is 0 Å². The van der Waals surface area contributed by atoms with E-state index in [2.05, 4.69) is 55.4 Å². The fraction of sp³-hybridized carbons (Fsp3) is 1.00. The van der Waals surface area contributed by atoms with Gasteiger partial charge in [0, 0.05) is 0 Å². The first-order valence-corrected chi connectivity index (χ1v) is 6.45. The van der Waals surface area contributed by atoms with Gasteiger partial charge in [-0.2, -0.15) is 0 Å². The summed E-state index contributed by atoms with van der Waals surface area (Å²) in [6, 6.07) is 0. The molecule has 0 bridgehead atoms. The van der Waals surface area contributed by atoms with E-state index in [-0.39, 0.29) is 23.0 Å². The monoisotopic (exact) mass is 230 g/mol. The molecule has 16 heavy (non-hydrogen) atoms. The van der Waals surface area contributed by atoms with Gasteiger partial charge in [-0.1, -0.05) is 55.4 Å². The van der Waals surface area contributed by atoms with E-state index >= 15 is 0 Å². The third kappa shape index (κ3) is 5.31. The third-order valence-corrected chi connectivity index (χ3v) is 2.96. The Morgan fingerprint density at radius 1 is 0.688 bits per heavy atom. The molecule has 0 saturated heterocycles. The Bertz CT molecular complexity index is 164. The van der Waals surface area contributed by atoms with Gasteiger partial charge in [-0.15, -0.1) is 0 Å². The van der Waals surface area contributed by atoms with Gasteiger partial charge < -0.3 is 0 Å². The predicted octanol–water partition coefficient (Wildman–Crippen LogP) is 4.58. The third-order valence-electron chi connectivity index (χ3n) is 2.96. The molecule has 0 aromatic rings.